The van der Waals surface area contributed by atoms with Gasteiger partial charge in [0.1, 0.15) is 5.83 Å². The molecule has 0 spiro atoms. The zero-order valence-electron chi connectivity index (χ0n) is 10.7. The van der Waals surface area contributed by atoms with Crippen molar-refractivity contribution in [3.63, 3.8) is 0 Å². The normalized spacial score (nSPS) is 18.9. The first kappa shape index (κ1) is 11.9. The number of nitrogens with one attached hydrogen (secondary N) is 1. The van der Waals surface area contributed by atoms with E-state index in [0.29, 0.717) is 6.42 Å². The van der Waals surface area contributed by atoms with E-state index in [1.807, 2.05) is 49.4 Å². The van der Waals surface area contributed by atoms with Gasteiger partial charge in [0.05, 0.1) is 11.4 Å². The number of rotatable bonds is 2. The smallest absolute Gasteiger partial charge is 0.103 e. The molecule has 0 amide bonds. The summed E-state index contributed by atoms with van der Waals surface area (Å²) in [6.07, 6.45) is 4.06. The van der Waals surface area contributed by atoms with Crippen molar-refractivity contribution in [1.82, 2.24) is 10.2 Å². The third kappa shape index (κ3) is 2.36. The fourth-order valence-corrected chi connectivity index (χ4v) is 2.28. The maximum Gasteiger partial charge on any atom is 0.103 e. The Morgan fingerprint density at radius 1 is 1.21 bits per heavy atom. The molecule has 3 rings (SSSR count). The molecule has 1 aliphatic carbocycles. The molecule has 2 aromatic rings. The SMILES string of the molecule is CC1CC(c2cc(-c3ccccc3)[nH]n2)=CC=C1F. The molecule has 0 fully saturated rings. The number of benzene rings is 1. The monoisotopic (exact) mass is 254 g/mol. The van der Waals surface area contributed by atoms with E-state index >= 15 is 0 Å². The highest BCUT2D eigenvalue weighted by atomic mass is 19.1. The number of H-pyrrole nitrogens is 1. The van der Waals surface area contributed by atoms with Crippen LogP contribution in [0.3, 0.4) is 0 Å². The second kappa shape index (κ2) is 4.84. The van der Waals surface area contributed by atoms with Gasteiger partial charge in [0.15, 0.2) is 0 Å². The van der Waals surface area contributed by atoms with Crippen molar-refractivity contribution in [2.24, 2.45) is 5.92 Å². The lowest BCUT2D eigenvalue weighted by Crippen LogP contribution is -2.01. The molecule has 1 aromatic heterocycles. The Labute approximate surface area is 111 Å². The summed E-state index contributed by atoms with van der Waals surface area (Å²) in [5, 5.41) is 7.37. The Hall–Kier alpha value is -2.16. The molecule has 96 valence electrons. The van der Waals surface area contributed by atoms with Crippen molar-refractivity contribution in [1.29, 1.82) is 0 Å². The molecule has 1 atom stereocenters. The zero-order chi connectivity index (χ0) is 13.2. The van der Waals surface area contributed by atoms with E-state index in [4.69, 9.17) is 0 Å². The Balaban J connectivity index is 1.91. The van der Waals surface area contributed by atoms with Crippen molar-refractivity contribution in [2.75, 3.05) is 0 Å². The molecule has 3 heteroatoms. The van der Waals surface area contributed by atoms with Crippen molar-refractivity contribution < 1.29 is 4.39 Å². The van der Waals surface area contributed by atoms with Gasteiger partial charge in [0.25, 0.3) is 0 Å². The van der Waals surface area contributed by atoms with Crippen LogP contribution in [0.15, 0.2) is 54.4 Å². The lowest BCUT2D eigenvalue weighted by atomic mass is 9.93. The predicted octanol–water partition coefficient (Wildman–Crippen LogP) is 4.35. The van der Waals surface area contributed by atoms with Crippen LogP contribution in [0.5, 0.6) is 0 Å². The summed E-state index contributed by atoms with van der Waals surface area (Å²) in [6, 6.07) is 12.1. The highest BCUT2D eigenvalue weighted by Gasteiger charge is 2.17. The topological polar surface area (TPSA) is 28.7 Å². The van der Waals surface area contributed by atoms with Crippen molar-refractivity contribution >= 4 is 5.57 Å². The summed E-state index contributed by atoms with van der Waals surface area (Å²) in [4.78, 5) is 0. The van der Waals surface area contributed by atoms with Gasteiger partial charge in [-0.25, -0.2) is 4.39 Å². The average Bonchev–Trinajstić information content (AvgIpc) is 2.93. The van der Waals surface area contributed by atoms with Crippen LogP contribution in [0.2, 0.25) is 0 Å². The van der Waals surface area contributed by atoms with Gasteiger partial charge in [0.2, 0.25) is 0 Å². The number of halogens is 1. The number of hydrogen-bond acceptors (Lipinski definition) is 1. The van der Waals surface area contributed by atoms with Crippen LogP contribution in [0.25, 0.3) is 16.8 Å². The minimum atomic E-state index is -0.0584. The Morgan fingerprint density at radius 3 is 2.74 bits per heavy atom. The maximum absolute atomic E-state index is 13.3. The van der Waals surface area contributed by atoms with E-state index in [1.165, 1.54) is 0 Å². The largest absolute Gasteiger partial charge is 0.277 e. The van der Waals surface area contributed by atoms with Gasteiger partial charge in [-0.3, -0.25) is 5.10 Å². The Bertz CT molecular complexity index is 638. The van der Waals surface area contributed by atoms with Crippen molar-refractivity contribution in [2.45, 2.75) is 13.3 Å². The third-order valence-corrected chi connectivity index (χ3v) is 3.43. The molecular formula is C16H15FN2. The highest BCUT2D eigenvalue weighted by Crippen LogP contribution is 2.32. The van der Waals surface area contributed by atoms with Gasteiger partial charge >= 0.3 is 0 Å². The van der Waals surface area contributed by atoms with Crippen LogP contribution in [0, 0.1) is 5.92 Å². The molecule has 0 saturated heterocycles. The van der Waals surface area contributed by atoms with Crippen molar-refractivity contribution in [3.8, 4) is 11.3 Å². The summed E-state index contributed by atoms with van der Waals surface area (Å²) in [7, 11) is 0. The molecule has 0 saturated carbocycles. The lowest BCUT2D eigenvalue weighted by molar-refractivity contribution is 0.495. The number of aromatic amines is 1. The summed E-state index contributed by atoms with van der Waals surface area (Å²) in [5.74, 6) is -0.112. The van der Waals surface area contributed by atoms with Gasteiger partial charge in [-0.05, 0) is 29.7 Å². The van der Waals surface area contributed by atoms with Crippen LogP contribution in [-0.4, -0.2) is 10.2 Å². The number of aromatic nitrogens is 2. The van der Waals surface area contributed by atoms with Gasteiger partial charge in [0, 0.05) is 5.92 Å². The van der Waals surface area contributed by atoms with E-state index in [1.54, 1.807) is 6.08 Å². The van der Waals surface area contributed by atoms with E-state index in [9.17, 15) is 4.39 Å². The van der Waals surface area contributed by atoms with E-state index < -0.39 is 0 Å². The van der Waals surface area contributed by atoms with Crippen molar-refractivity contribution in [3.05, 3.63) is 60.1 Å². The predicted molar refractivity (Wildman–Crippen MR) is 75.0 cm³/mol. The van der Waals surface area contributed by atoms with Gasteiger partial charge < -0.3 is 0 Å². The zero-order valence-corrected chi connectivity index (χ0v) is 10.7. The van der Waals surface area contributed by atoms with Crippen LogP contribution in [0.4, 0.5) is 4.39 Å². The number of allylic oxidation sites excluding steroid dienone is 4. The van der Waals surface area contributed by atoms with Crippen LogP contribution in [-0.2, 0) is 0 Å². The number of nitrogens with zero attached hydrogens (tertiary/aromatic N) is 1. The highest BCUT2D eigenvalue weighted by molar-refractivity contribution is 5.70. The molecule has 1 unspecified atom stereocenters. The molecule has 0 aliphatic heterocycles. The third-order valence-electron chi connectivity index (χ3n) is 3.43. The molecule has 1 N–H and O–H groups in total. The fourth-order valence-electron chi connectivity index (χ4n) is 2.28. The van der Waals surface area contributed by atoms with E-state index in [0.717, 1.165) is 22.5 Å². The molecular weight excluding hydrogens is 239 g/mol. The Morgan fingerprint density at radius 2 is 2.00 bits per heavy atom. The van der Waals surface area contributed by atoms with Crippen LogP contribution in [0.1, 0.15) is 19.0 Å². The van der Waals surface area contributed by atoms with E-state index in [-0.39, 0.29) is 11.7 Å². The standard InChI is InChI=1S/C16H15FN2/c1-11-9-13(7-8-14(11)17)16-10-15(18-19-16)12-5-3-2-4-6-12/h2-8,10-11H,9H2,1H3,(H,18,19). The first-order valence-electron chi connectivity index (χ1n) is 6.41. The summed E-state index contributed by atoms with van der Waals surface area (Å²) in [6.45, 7) is 1.89. The summed E-state index contributed by atoms with van der Waals surface area (Å²) >= 11 is 0. The molecule has 1 heterocycles. The second-order valence-corrected chi connectivity index (χ2v) is 4.88. The number of hydrogen-bond donors (Lipinski definition) is 1. The summed E-state index contributed by atoms with van der Waals surface area (Å²) < 4.78 is 13.3. The quantitative estimate of drug-likeness (QED) is 0.847. The lowest BCUT2D eigenvalue weighted by Gasteiger charge is -2.14. The maximum atomic E-state index is 13.3. The summed E-state index contributed by atoms with van der Waals surface area (Å²) in [5.41, 5.74) is 4.06. The van der Waals surface area contributed by atoms with Crippen LogP contribution >= 0.6 is 0 Å². The first-order valence-corrected chi connectivity index (χ1v) is 6.41. The molecule has 19 heavy (non-hydrogen) atoms. The molecule has 0 radical (unpaired) electrons. The Kier molecular flexibility index (Phi) is 3.03. The first-order chi connectivity index (χ1) is 9.24. The average molecular weight is 254 g/mol. The second-order valence-electron chi connectivity index (χ2n) is 4.88. The van der Waals surface area contributed by atoms with Gasteiger partial charge in [-0.15, -0.1) is 0 Å². The van der Waals surface area contributed by atoms with Gasteiger partial charge in [-0.1, -0.05) is 43.3 Å². The molecule has 1 aliphatic rings. The fraction of sp³-hybridized carbons (Fsp3) is 0.188. The molecule has 1 aromatic carbocycles. The van der Waals surface area contributed by atoms with Gasteiger partial charge in [-0.2, -0.15) is 5.10 Å². The minimum absolute atomic E-state index is 0.0532. The molecule has 2 nitrogen and oxygen atoms in total. The van der Waals surface area contributed by atoms with E-state index in [2.05, 4.69) is 10.2 Å². The minimum Gasteiger partial charge on any atom is -0.277 e. The van der Waals surface area contributed by atoms with Crippen LogP contribution < -0.4 is 0 Å². The molecule has 0 bridgehead atoms.